The fourth-order valence-corrected chi connectivity index (χ4v) is 3.39. The molecule has 0 aromatic carbocycles. The van der Waals surface area contributed by atoms with Gasteiger partial charge >= 0.3 is 5.82 Å². The van der Waals surface area contributed by atoms with Crippen molar-refractivity contribution in [3.63, 3.8) is 0 Å². The van der Waals surface area contributed by atoms with E-state index >= 15 is 0 Å². The van der Waals surface area contributed by atoms with Gasteiger partial charge in [0.25, 0.3) is 0 Å². The van der Waals surface area contributed by atoms with Gasteiger partial charge in [0.2, 0.25) is 5.91 Å². The van der Waals surface area contributed by atoms with E-state index in [2.05, 4.69) is 32.4 Å². The summed E-state index contributed by atoms with van der Waals surface area (Å²) in [6.07, 6.45) is 0. The fraction of sp³-hybridized carbons (Fsp3) is 0.308. The number of thiophene rings is 1. The molecule has 23 heavy (non-hydrogen) atoms. The van der Waals surface area contributed by atoms with Crippen LogP contribution in [0.25, 0.3) is 0 Å². The summed E-state index contributed by atoms with van der Waals surface area (Å²) in [5, 5.41) is 27.0. The van der Waals surface area contributed by atoms with E-state index in [1.54, 1.807) is 6.92 Å². The van der Waals surface area contributed by atoms with Gasteiger partial charge < -0.3 is 15.4 Å². The van der Waals surface area contributed by atoms with Crippen molar-refractivity contribution in [2.45, 2.75) is 27.3 Å². The molecule has 0 saturated carbocycles. The minimum atomic E-state index is -0.620. The quantitative estimate of drug-likeness (QED) is 0.628. The fourth-order valence-electron chi connectivity index (χ4n) is 1.93. The summed E-state index contributed by atoms with van der Waals surface area (Å²) in [6.45, 7) is 5.13. The van der Waals surface area contributed by atoms with Gasteiger partial charge in [-0.05, 0) is 47.2 Å². The molecule has 0 aliphatic heterocycles. The van der Waals surface area contributed by atoms with Crippen LogP contribution in [0.4, 0.5) is 10.8 Å². The number of nitro groups is 1. The largest absolute Gasteiger partial charge is 0.404 e. The molecule has 0 atom stereocenters. The number of nitriles is 1. The zero-order chi connectivity index (χ0) is 17.3. The number of hydrogen-bond acceptors (Lipinski definition) is 6. The average Bonchev–Trinajstić information content (AvgIpc) is 2.90. The van der Waals surface area contributed by atoms with Crippen LogP contribution in [0.1, 0.15) is 21.7 Å². The van der Waals surface area contributed by atoms with Gasteiger partial charge in [0.05, 0.1) is 16.4 Å². The van der Waals surface area contributed by atoms with Crippen molar-refractivity contribution in [2.75, 3.05) is 5.32 Å². The van der Waals surface area contributed by atoms with Gasteiger partial charge in [-0.2, -0.15) is 9.94 Å². The van der Waals surface area contributed by atoms with Gasteiger partial charge in [0.15, 0.2) is 0 Å². The molecular weight excluding hydrogens is 386 g/mol. The van der Waals surface area contributed by atoms with Crippen molar-refractivity contribution in [3.05, 3.63) is 36.3 Å². The zero-order valence-corrected chi connectivity index (χ0v) is 14.9. The van der Waals surface area contributed by atoms with Crippen LogP contribution in [0.3, 0.4) is 0 Å². The maximum Gasteiger partial charge on any atom is 0.404 e. The highest BCUT2D eigenvalue weighted by Crippen LogP contribution is 2.32. The number of rotatable bonds is 4. The number of carbonyl (C=O) groups is 1. The van der Waals surface area contributed by atoms with Crippen LogP contribution >= 0.6 is 27.3 Å². The lowest BCUT2D eigenvalue weighted by atomic mass is 10.2. The molecule has 0 saturated heterocycles. The van der Waals surface area contributed by atoms with Crippen LogP contribution in [-0.4, -0.2) is 20.6 Å². The van der Waals surface area contributed by atoms with Crippen molar-refractivity contribution in [1.29, 1.82) is 5.26 Å². The second kappa shape index (κ2) is 6.47. The van der Waals surface area contributed by atoms with Crippen LogP contribution in [-0.2, 0) is 11.3 Å². The van der Waals surface area contributed by atoms with Crippen molar-refractivity contribution in [2.24, 2.45) is 0 Å². The topological polar surface area (TPSA) is 114 Å². The Bertz CT molecular complexity index is 849. The minimum absolute atomic E-state index is 0.181. The highest BCUT2D eigenvalue weighted by molar-refractivity contribution is 9.10. The molecule has 0 radical (unpaired) electrons. The Balaban J connectivity index is 2.21. The predicted molar refractivity (Wildman–Crippen MR) is 88.5 cm³/mol. The second-order valence-corrected chi connectivity index (χ2v) is 6.80. The Hall–Kier alpha value is -2.25. The molecule has 0 fully saturated rings. The molecule has 0 aliphatic rings. The Morgan fingerprint density at radius 3 is 2.70 bits per heavy atom. The summed E-state index contributed by atoms with van der Waals surface area (Å²) in [7, 11) is 0. The smallest absolute Gasteiger partial charge is 0.358 e. The number of halogens is 1. The van der Waals surface area contributed by atoms with E-state index in [0.717, 1.165) is 10.4 Å². The van der Waals surface area contributed by atoms with Gasteiger partial charge in [-0.25, -0.2) is 0 Å². The van der Waals surface area contributed by atoms with Crippen LogP contribution in [0, 0.1) is 42.2 Å². The molecule has 0 spiro atoms. The Morgan fingerprint density at radius 1 is 1.52 bits per heavy atom. The molecule has 2 aromatic heterocycles. The lowest BCUT2D eigenvalue weighted by molar-refractivity contribution is -0.390. The predicted octanol–water partition coefficient (Wildman–Crippen LogP) is 3.05. The molecule has 2 rings (SSSR count). The minimum Gasteiger partial charge on any atom is -0.358 e. The van der Waals surface area contributed by atoms with Gasteiger partial charge in [-0.3, -0.25) is 4.79 Å². The lowest BCUT2D eigenvalue weighted by Gasteiger charge is -2.03. The van der Waals surface area contributed by atoms with Crippen molar-refractivity contribution < 1.29 is 9.72 Å². The van der Waals surface area contributed by atoms with E-state index in [0.29, 0.717) is 16.3 Å². The summed E-state index contributed by atoms with van der Waals surface area (Å²) in [6, 6.07) is 2.07. The van der Waals surface area contributed by atoms with Gasteiger partial charge in [0.1, 0.15) is 22.1 Å². The van der Waals surface area contributed by atoms with E-state index < -0.39 is 10.8 Å². The maximum atomic E-state index is 12.2. The number of anilines is 1. The lowest BCUT2D eigenvalue weighted by Crippen LogP contribution is -2.20. The third-order valence-electron chi connectivity index (χ3n) is 3.33. The molecule has 0 aliphatic carbocycles. The molecule has 2 aromatic rings. The van der Waals surface area contributed by atoms with E-state index in [1.807, 2.05) is 13.8 Å². The summed E-state index contributed by atoms with van der Waals surface area (Å²) in [5.74, 6) is -0.744. The number of aryl methyl sites for hydroxylation is 1. The molecule has 0 unspecified atom stereocenters. The second-order valence-electron chi connectivity index (χ2n) is 4.79. The standard InChI is InChI=1S/C13H12BrN5O3S/c1-6-8(3)23-13(9(6)4-15)16-10(20)5-18-7(2)11(14)12(17-18)19(21)22/h5H2,1-3H3,(H,16,20). The van der Waals surface area contributed by atoms with E-state index in [9.17, 15) is 14.9 Å². The molecule has 2 heterocycles. The molecule has 1 N–H and O–H groups in total. The number of nitrogens with one attached hydrogen (secondary N) is 1. The number of hydrogen-bond donors (Lipinski definition) is 1. The summed E-state index contributed by atoms with van der Waals surface area (Å²) < 4.78 is 1.49. The molecule has 0 bridgehead atoms. The van der Waals surface area contributed by atoms with Crippen molar-refractivity contribution >= 4 is 44.0 Å². The van der Waals surface area contributed by atoms with Gasteiger partial charge in [-0.15, -0.1) is 11.3 Å². The molecule has 10 heteroatoms. The normalized spacial score (nSPS) is 10.4. The van der Waals surface area contributed by atoms with Crippen molar-refractivity contribution in [3.8, 4) is 6.07 Å². The first kappa shape index (κ1) is 17.1. The molecule has 8 nitrogen and oxygen atoms in total. The number of aromatic nitrogens is 2. The highest BCUT2D eigenvalue weighted by Gasteiger charge is 2.25. The number of amides is 1. The Labute approximate surface area is 144 Å². The molecule has 120 valence electrons. The first-order valence-electron chi connectivity index (χ1n) is 6.43. The average molecular weight is 398 g/mol. The number of carbonyl (C=O) groups excluding carboxylic acids is 1. The first-order chi connectivity index (χ1) is 10.8. The van der Waals surface area contributed by atoms with E-state index in [-0.39, 0.29) is 16.8 Å². The monoisotopic (exact) mass is 397 g/mol. The van der Waals surface area contributed by atoms with Crippen LogP contribution in [0.15, 0.2) is 4.47 Å². The van der Waals surface area contributed by atoms with Crippen molar-refractivity contribution in [1.82, 2.24) is 9.78 Å². The summed E-state index contributed by atoms with van der Waals surface area (Å²) >= 11 is 4.42. The Kier molecular flexibility index (Phi) is 4.82. The zero-order valence-electron chi connectivity index (χ0n) is 12.5. The van der Waals surface area contributed by atoms with Crippen LogP contribution in [0.2, 0.25) is 0 Å². The van der Waals surface area contributed by atoms with E-state index in [1.165, 1.54) is 16.0 Å². The third kappa shape index (κ3) is 3.25. The molecule has 1 amide bonds. The highest BCUT2D eigenvalue weighted by atomic mass is 79.9. The van der Waals surface area contributed by atoms with Gasteiger partial charge in [0, 0.05) is 4.88 Å². The van der Waals surface area contributed by atoms with E-state index in [4.69, 9.17) is 5.26 Å². The maximum absolute atomic E-state index is 12.2. The summed E-state index contributed by atoms with van der Waals surface area (Å²) in [5.41, 5.74) is 1.75. The van der Waals surface area contributed by atoms with Crippen LogP contribution < -0.4 is 5.32 Å². The SMILES string of the molecule is Cc1sc(NC(=O)Cn2nc([N+](=O)[O-])c(Br)c2C)c(C#N)c1C. The third-order valence-corrected chi connectivity index (χ3v) is 5.38. The number of nitrogens with zero attached hydrogens (tertiary/aromatic N) is 4. The first-order valence-corrected chi connectivity index (χ1v) is 8.04. The summed E-state index contributed by atoms with van der Waals surface area (Å²) in [4.78, 5) is 23.3. The van der Waals surface area contributed by atoms with Crippen LogP contribution in [0.5, 0.6) is 0 Å². The Morgan fingerprint density at radius 2 is 2.17 bits per heavy atom. The van der Waals surface area contributed by atoms with Gasteiger partial charge in [-0.1, -0.05) is 0 Å². The molecular formula is C13H12BrN5O3S.